The molecule has 1 heterocycles. The Morgan fingerprint density at radius 2 is 2.00 bits per heavy atom. The van der Waals surface area contributed by atoms with E-state index in [4.69, 9.17) is 0 Å². The summed E-state index contributed by atoms with van der Waals surface area (Å²) in [6.07, 6.45) is -0.458. The van der Waals surface area contributed by atoms with E-state index in [9.17, 15) is 9.90 Å². The minimum absolute atomic E-state index is 0.0170. The van der Waals surface area contributed by atoms with Gasteiger partial charge in [-0.2, -0.15) is 0 Å². The number of amides is 2. The summed E-state index contributed by atoms with van der Waals surface area (Å²) in [7, 11) is 1.77. The predicted octanol–water partition coefficient (Wildman–Crippen LogP) is 0.123. The number of carbonyl (C=O) groups excluding carboxylic acids is 1. The minimum Gasteiger partial charge on any atom is -0.391 e. The van der Waals surface area contributed by atoms with Gasteiger partial charge in [-0.05, 0) is 13.8 Å². The van der Waals surface area contributed by atoms with Crippen LogP contribution >= 0.6 is 0 Å². The van der Waals surface area contributed by atoms with Crippen molar-refractivity contribution in [3.8, 4) is 0 Å². The van der Waals surface area contributed by atoms with Crippen LogP contribution in [0.1, 0.15) is 13.8 Å². The van der Waals surface area contributed by atoms with Crippen molar-refractivity contribution in [3.05, 3.63) is 0 Å². The van der Waals surface area contributed by atoms with E-state index >= 15 is 0 Å². The van der Waals surface area contributed by atoms with Gasteiger partial charge in [0.15, 0.2) is 0 Å². The highest BCUT2D eigenvalue weighted by Gasteiger charge is 2.30. The number of aliphatic hydroxyl groups is 1. The maximum atomic E-state index is 11.4. The second kappa shape index (κ2) is 3.31. The highest BCUT2D eigenvalue weighted by molar-refractivity contribution is 5.76. The third kappa shape index (κ3) is 1.53. The summed E-state index contributed by atoms with van der Waals surface area (Å²) in [6, 6.07) is -0.0640. The van der Waals surface area contributed by atoms with Gasteiger partial charge in [-0.3, -0.25) is 0 Å². The summed E-state index contributed by atoms with van der Waals surface area (Å²) in [5.74, 6) is 0. The lowest BCUT2D eigenvalue weighted by Crippen LogP contribution is -2.42. The van der Waals surface area contributed by atoms with Gasteiger partial charge in [0.05, 0.1) is 12.1 Å². The minimum atomic E-state index is -0.458. The average molecular weight is 172 g/mol. The van der Waals surface area contributed by atoms with E-state index in [1.54, 1.807) is 23.8 Å². The SMILES string of the molecule is CC(O)C(C)N1CCN(C)C1=O. The van der Waals surface area contributed by atoms with Crippen LogP contribution in [0.2, 0.25) is 0 Å². The van der Waals surface area contributed by atoms with Crippen molar-refractivity contribution in [1.82, 2.24) is 9.80 Å². The molecule has 12 heavy (non-hydrogen) atoms. The Morgan fingerprint density at radius 1 is 1.42 bits per heavy atom. The zero-order valence-corrected chi connectivity index (χ0v) is 7.82. The zero-order chi connectivity index (χ0) is 9.30. The summed E-state index contributed by atoms with van der Waals surface area (Å²) in [5.41, 5.74) is 0. The quantitative estimate of drug-likeness (QED) is 0.643. The van der Waals surface area contributed by atoms with Crippen molar-refractivity contribution < 1.29 is 9.90 Å². The molecule has 1 rings (SSSR count). The highest BCUT2D eigenvalue weighted by atomic mass is 16.3. The molecule has 2 unspecified atom stereocenters. The second-order valence-corrected chi connectivity index (χ2v) is 3.38. The van der Waals surface area contributed by atoms with Crippen LogP contribution in [0.3, 0.4) is 0 Å². The van der Waals surface area contributed by atoms with Crippen LogP contribution in [0.15, 0.2) is 0 Å². The van der Waals surface area contributed by atoms with Crippen molar-refractivity contribution in [2.24, 2.45) is 0 Å². The standard InChI is InChI=1S/C8H16N2O2/c1-6(7(2)11)10-5-4-9(3)8(10)12/h6-7,11H,4-5H2,1-3H3. The van der Waals surface area contributed by atoms with Crippen molar-refractivity contribution in [1.29, 1.82) is 0 Å². The maximum absolute atomic E-state index is 11.4. The Bertz CT molecular complexity index is 182. The molecule has 1 fully saturated rings. The van der Waals surface area contributed by atoms with E-state index in [-0.39, 0.29) is 12.1 Å². The molecule has 0 aromatic heterocycles. The van der Waals surface area contributed by atoms with Gasteiger partial charge >= 0.3 is 6.03 Å². The molecule has 1 aliphatic rings. The maximum Gasteiger partial charge on any atom is 0.320 e. The molecule has 0 aromatic rings. The average Bonchev–Trinajstić information content (AvgIpc) is 2.32. The van der Waals surface area contributed by atoms with Gasteiger partial charge in [-0.25, -0.2) is 4.79 Å². The first-order valence-electron chi connectivity index (χ1n) is 4.24. The summed E-state index contributed by atoms with van der Waals surface area (Å²) in [4.78, 5) is 14.8. The fraction of sp³-hybridized carbons (Fsp3) is 0.875. The van der Waals surface area contributed by atoms with Crippen LogP contribution in [0.5, 0.6) is 0 Å². The van der Waals surface area contributed by atoms with E-state index < -0.39 is 6.10 Å². The number of hydrogen-bond acceptors (Lipinski definition) is 2. The van der Waals surface area contributed by atoms with Crippen LogP contribution < -0.4 is 0 Å². The molecular weight excluding hydrogens is 156 g/mol. The number of hydrogen-bond donors (Lipinski definition) is 1. The lowest BCUT2D eigenvalue weighted by molar-refractivity contribution is 0.0957. The molecule has 2 amide bonds. The van der Waals surface area contributed by atoms with Crippen LogP contribution in [-0.4, -0.2) is 53.2 Å². The normalized spacial score (nSPS) is 23.2. The van der Waals surface area contributed by atoms with Crippen LogP contribution in [0.25, 0.3) is 0 Å². The van der Waals surface area contributed by atoms with Gasteiger partial charge in [0, 0.05) is 20.1 Å². The van der Waals surface area contributed by atoms with Gasteiger partial charge < -0.3 is 14.9 Å². The molecule has 1 saturated heterocycles. The van der Waals surface area contributed by atoms with Gasteiger partial charge in [-0.1, -0.05) is 0 Å². The van der Waals surface area contributed by atoms with Crippen LogP contribution in [-0.2, 0) is 0 Å². The predicted molar refractivity (Wildman–Crippen MR) is 45.9 cm³/mol. The Labute approximate surface area is 72.8 Å². The Hall–Kier alpha value is -0.770. The fourth-order valence-corrected chi connectivity index (χ4v) is 1.31. The molecule has 0 aliphatic carbocycles. The zero-order valence-electron chi connectivity index (χ0n) is 7.82. The van der Waals surface area contributed by atoms with Crippen molar-refractivity contribution in [2.45, 2.75) is 26.0 Å². The molecule has 1 aliphatic heterocycles. The molecule has 0 saturated carbocycles. The highest BCUT2D eigenvalue weighted by Crippen LogP contribution is 2.12. The lowest BCUT2D eigenvalue weighted by atomic mass is 10.2. The molecule has 0 aromatic carbocycles. The van der Waals surface area contributed by atoms with Crippen molar-refractivity contribution in [3.63, 3.8) is 0 Å². The summed E-state index contributed by atoms with van der Waals surface area (Å²) in [5, 5.41) is 9.27. The molecule has 0 radical (unpaired) electrons. The van der Waals surface area contributed by atoms with E-state index in [1.807, 2.05) is 6.92 Å². The van der Waals surface area contributed by atoms with Crippen LogP contribution in [0.4, 0.5) is 4.79 Å². The summed E-state index contributed by atoms with van der Waals surface area (Å²) >= 11 is 0. The first-order chi connectivity index (χ1) is 5.54. The van der Waals surface area contributed by atoms with Gasteiger partial charge in [-0.15, -0.1) is 0 Å². The lowest BCUT2D eigenvalue weighted by Gasteiger charge is -2.25. The number of carbonyl (C=O) groups is 1. The second-order valence-electron chi connectivity index (χ2n) is 3.38. The first kappa shape index (κ1) is 9.32. The third-order valence-corrected chi connectivity index (χ3v) is 2.44. The first-order valence-corrected chi connectivity index (χ1v) is 4.24. The van der Waals surface area contributed by atoms with Gasteiger partial charge in [0.25, 0.3) is 0 Å². The Morgan fingerprint density at radius 3 is 2.33 bits per heavy atom. The number of urea groups is 1. The molecule has 0 bridgehead atoms. The number of nitrogens with zero attached hydrogens (tertiary/aromatic N) is 2. The van der Waals surface area contributed by atoms with Crippen molar-refractivity contribution in [2.75, 3.05) is 20.1 Å². The molecule has 4 heteroatoms. The molecule has 4 nitrogen and oxygen atoms in total. The molecule has 0 spiro atoms. The van der Waals surface area contributed by atoms with Crippen LogP contribution in [0, 0.1) is 0 Å². The number of likely N-dealkylation sites (N-methyl/N-ethyl adjacent to an activating group) is 1. The summed E-state index contributed by atoms with van der Waals surface area (Å²) in [6.45, 7) is 5.05. The number of aliphatic hydroxyl groups excluding tert-OH is 1. The van der Waals surface area contributed by atoms with Gasteiger partial charge in [0.2, 0.25) is 0 Å². The summed E-state index contributed by atoms with van der Waals surface area (Å²) < 4.78 is 0. The largest absolute Gasteiger partial charge is 0.391 e. The van der Waals surface area contributed by atoms with E-state index in [0.29, 0.717) is 0 Å². The van der Waals surface area contributed by atoms with E-state index in [0.717, 1.165) is 13.1 Å². The monoisotopic (exact) mass is 172 g/mol. The molecule has 1 N–H and O–H groups in total. The fourth-order valence-electron chi connectivity index (χ4n) is 1.31. The Kier molecular flexibility index (Phi) is 2.57. The Balaban J connectivity index is 2.59. The third-order valence-electron chi connectivity index (χ3n) is 2.44. The molecule has 2 atom stereocenters. The smallest absolute Gasteiger partial charge is 0.320 e. The van der Waals surface area contributed by atoms with Gasteiger partial charge in [0.1, 0.15) is 0 Å². The number of rotatable bonds is 2. The van der Waals surface area contributed by atoms with E-state index in [1.165, 1.54) is 0 Å². The topological polar surface area (TPSA) is 43.8 Å². The molecule has 70 valence electrons. The van der Waals surface area contributed by atoms with E-state index in [2.05, 4.69) is 0 Å². The van der Waals surface area contributed by atoms with Crippen molar-refractivity contribution >= 4 is 6.03 Å². The molecular formula is C8H16N2O2.